The fourth-order valence-corrected chi connectivity index (χ4v) is 1.77. The quantitative estimate of drug-likeness (QED) is 0.730. The molecule has 0 aliphatic rings. The smallest absolute Gasteiger partial charge is 0.404 e. The first-order valence-corrected chi connectivity index (χ1v) is 6.44. The number of pyridine rings is 1. The second kappa shape index (κ2) is 7.04. The summed E-state index contributed by atoms with van der Waals surface area (Å²) in [5, 5.41) is 13.2. The van der Waals surface area contributed by atoms with Crippen molar-refractivity contribution in [2.24, 2.45) is 0 Å². The molecule has 1 aromatic carbocycles. The van der Waals surface area contributed by atoms with Crippen molar-refractivity contribution in [2.75, 3.05) is 13.1 Å². The maximum atomic E-state index is 11.9. The number of hydrogen-bond acceptors (Lipinski definition) is 3. The van der Waals surface area contributed by atoms with E-state index in [4.69, 9.17) is 5.11 Å². The number of carbonyl (C=O) groups excluding carboxylic acids is 1. The van der Waals surface area contributed by atoms with Crippen molar-refractivity contribution >= 4 is 12.0 Å². The largest absolute Gasteiger partial charge is 0.465 e. The zero-order chi connectivity index (χ0) is 15.1. The number of carboxylic acid groups (broad SMARTS) is 1. The Morgan fingerprint density at radius 2 is 1.67 bits per heavy atom. The van der Waals surface area contributed by atoms with Gasteiger partial charge in [0.15, 0.2) is 0 Å². The van der Waals surface area contributed by atoms with E-state index in [2.05, 4.69) is 15.6 Å². The molecule has 0 aliphatic heterocycles. The second-order valence-electron chi connectivity index (χ2n) is 4.26. The van der Waals surface area contributed by atoms with E-state index in [1.807, 2.05) is 36.4 Å². The highest BCUT2D eigenvalue weighted by atomic mass is 16.4. The number of carbonyl (C=O) groups is 2. The molecule has 3 N–H and O–H groups in total. The minimum atomic E-state index is -1.12. The Labute approximate surface area is 121 Å². The number of benzene rings is 1. The summed E-state index contributed by atoms with van der Waals surface area (Å²) < 4.78 is 0. The normalized spacial score (nSPS) is 9.90. The molecule has 0 unspecified atom stereocenters. The van der Waals surface area contributed by atoms with Gasteiger partial charge in [0, 0.05) is 18.7 Å². The van der Waals surface area contributed by atoms with E-state index in [-0.39, 0.29) is 19.0 Å². The lowest BCUT2D eigenvalue weighted by Gasteiger charge is -2.06. The Balaban J connectivity index is 2.00. The Bertz CT molecular complexity index is 629. The molecule has 0 saturated carbocycles. The summed E-state index contributed by atoms with van der Waals surface area (Å²) in [6.45, 7) is 0.363. The molecule has 6 nitrogen and oxygen atoms in total. The van der Waals surface area contributed by atoms with Gasteiger partial charge in [0.1, 0.15) is 5.69 Å². The summed E-state index contributed by atoms with van der Waals surface area (Å²) in [6.07, 6.45) is -1.12. The first-order chi connectivity index (χ1) is 10.2. The van der Waals surface area contributed by atoms with Gasteiger partial charge in [0.05, 0.1) is 5.69 Å². The van der Waals surface area contributed by atoms with Crippen molar-refractivity contribution < 1.29 is 14.7 Å². The van der Waals surface area contributed by atoms with E-state index >= 15 is 0 Å². The minimum Gasteiger partial charge on any atom is -0.465 e. The third-order valence-corrected chi connectivity index (χ3v) is 2.74. The average Bonchev–Trinajstić information content (AvgIpc) is 2.52. The fraction of sp³-hybridized carbons (Fsp3) is 0.133. The molecule has 21 heavy (non-hydrogen) atoms. The van der Waals surface area contributed by atoms with Crippen LogP contribution in [0.5, 0.6) is 0 Å². The highest BCUT2D eigenvalue weighted by Gasteiger charge is 2.08. The van der Waals surface area contributed by atoms with E-state index in [0.717, 1.165) is 5.56 Å². The first kappa shape index (κ1) is 14.5. The molecule has 0 spiro atoms. The zero-order valence-corrected chi connectivity index (χ0v) is 11.2. The SMILES string of the molecule is O=C(O)NCCNC(=O)c1cccc(-c2ccccc2)n1. The van der Waals surface area contributed by atoms with Gasteiger partial charge < -0.3 is 15.7 Å². The van der Waals surface area contributed by atoms with E-state index in [1.54, 1.807) is 12.1 Å². The standard InChI is InChI=1S/C15H15N3O3/c19-14(16-9-10-17-15(20)21)13-8-4-7-12(18-13)11-5-2-1-3-6-11/h1-8,17H,9-10H2,(H,16,19)(H,20,21). The molecule has 0 bridgehead atoms. The lowest BCUT2D eigenvalue weighted by atomic mass is 10.1. The van der Waals surface area contributed by atoms with E-state index < -0.39 is 6.09 Å². The van der Waals surface area contributed by atoms with Gasteiger partial charge in [-0.25, -0.2) is 9.78 Å². The van der Waals surface area contributed by atoms with Gasteiger partial charge in [0.2, 0.25) is 0 Å². The van der Waals surface area contributed by atoms with Gasteiger partial charge in [-0.1, -0.05) is 36.4 Å². The third-order valence-electron chi connectivity index (χ3n) is 2.74. The third kappa shape index (κ3) is 4.31. The van der Waals surface area contributed by atoms with Crippen LogP contribution in [-0.2, 0) is 0 Å². The molecule has 2 amide bonds. The summed E-state index contributed by atoms with van der Waals surface area (Å²) in [7, 11) is 0. The number of aromatic nitrogens is 1. The van der Waals surface area contributed by atoms with Crippen LogP contribution in [0.15, 0.2) is 48.5 Å². The predicted octanol–water partition coefficient (Wildman–Crippen LogP) is 1.75. The average molecular weight is 285 g/mol. The number of nitrogens with zero attached hydrogens (tertiary/aromatic N) is 1. The van der Waals surface area contributed by atoms with E-state index in [1.165, 1.54) is 0 Å². The first-order valence-electron chi connectivity index (χ1n) is 6.44. The van der Waals surface area contributed by atoms with Crippen LogP contribution in [0, 0.1) is 0 Å². The molecule has 1 aromatic heterocycles. The van der Waals surface area contributed by atoms with Crippen LogP contribution in [0.2, 0.25) is 0 Å². The van der Waals surface area contributed by atoms with Gasteiger partial charge in [-0.3, -0.25) is 4.79 Å². The summed E-state index contributed by atoms with van der Waals surface area (Å²) >= 11 is 0. The lowest BCUT2D eigenvalue weighted by Crippen LogP contribution is -2.34. The number of nitrogens with one attached hydrogen (secondary N) is 2. The molecule has 0 saturated heterocycles. The molecular formula is C15H15N3O3. The van der Waals surface area contributed by atoms with Crippen molar-refractivity contribution in [2.45, 2.75) is 0 Å². The molecule has 108 valence electrons. The minimum absolute atomic E-state index is 0.152. The molecular weight excluding hydrogens is 270 g/mol. The predicted molar refractivity (Wildman–Crippen MR) is 78.0 cm³/mol. The van der Waals surface area contributed by atoms with Crippen molar-refractivity contribution in [3.8, 4) is 11.3 Å². The fourth-order valence-electron chi connectivity index (χ4n) is 1.77. The highest BCUT2D eigenvalue weighted by molar-refractivity contribution is 5.92. The lowest BCUT2D eigenvalue weighted by molar-refractivity contribution is 0.0948. The number of rotatable bonds is 5. The molecule has 0 fully saturated rings. The molecule has 6 heteroatoms. The van der Waals surface area contributed by atoms with Crippen molar-refractivity contribution in [3.05, 3.63) is 54.2 Å². The summed E-state index contributed by atoms with van der Waals surface area (Å²) in [5.41, 5.74) is 1.94. The summed E-state index contributed by atoms with van der Waals surface area (Å²) in [4.78, 5) is 26.5. The van der Waals surface area contributed by atoms with Crippen LogP contribution in [0.3, 0.4) is 0 Å². The summed E-state index contributed by atoms with van der Waals surface area (Å²) in [5.74, 6) is -0.333. The van der Waals surface area contributed by atoms with Gasteiger partial charge in [-0.05, 0) is 12.1 Å². The van der Waals surface area contributed by atoms with Gasteiger partial charge >= 0.3 is 6.09 Å². The van der Waals surface area contributed by atoms with Crippen molar-refractivity contribution in [1.82, 2.24) is 15.6 Å². The van der Waals surface area contributed by atoms with Crippen LogP contribution < -0.4 is 10.6 Å². The van der Waals surface area contributed by atoms with Crippen LogP contribution in [0.25, 0.3) is 11.3 Å². The summed E-state index contributed by atoms with van der Waals surface area (Å²) in [6, 6.07) is 14.8. The van der Waals surface area contributed by atoms with E-state index in [9.17, 15) is 9.59 Å². The van der Waals surface area contributed by atoms with Crippen LogP contribution in [0.1, 0.15) is 10.5 Å². The van der Waals surface area contributed by atoms with Crippen LogP contribution >= 0.6 is 0 Å². The number of hydrogen-bond donors (Lipinski definition) is 3. The van der Waals surface area contributed by atoms with E-state index in [0.29, 0.717) is 11.4 Å². The Hall–Kier alpha value is -2.89. The molecule has 0 aliphatic carbocycles. The highest BCUT2D eigenvalue weighted by Crippen LogP contribution is 2.16. The second-order valence-corrected chi connectivity index (χ2v) is 4.26. The molecule has 2 aromatic rings. The van der Waals surface area contributed by atoms with Gasteiger partial charge in [-0.2, -0.15) is 0 Å². The Morgan fingerprint density at radius 1 is 0.952 bits per heavy atom. The molecule has 2 rings (SSSR count). The molecule has 1 heterocycles. The van der Waals surface area contributed by atoms with Gasteiger partial charge in [0.25, 0.3) is 5.91 Å². The Kier molecular flexibility index (Phi) is 4.87. The van der Waals surface area contributed by atoms with Crippen LogP contribution in [-0.4, -0.2) is 35.2 Å². The topological polar surface area (TPSA) is 91.3 Å². The maximum Gasteiger partial charge on any atom is 0.404 e. The maximum absolute atomic E-state index is 11.9. The Morgan fingerprint density at radius 3 is 2.38 bits per heavy atom. The van der Waals surface area contributed by atoms with Crippen molar-refractivity contribution in [3.63, 3.8) is 0 Å². The molecule has 0 radical (unpaired) electrons. The zero-order valence-electron chi connectivity index (χ0n) is 11.2. The van der Waals surface area contributed by atoms with Gasteiger partial charge in [-0.15, -0.1) is 0 Å². The molecule has 0 atom stereocenters. The van der Waals surface area contributed by atoms with Crippen LogP contribution in [0.4, 0.5) is 4.79 Å². The van der Waals surface area contributed by atoms with Crippen molar-refractivity contribution in [1.29, 1.82) is 0 Å². The number of amides is 2. The monoisotopic (exact) mass is 285 g/mol.